The van der Waals surface area contributed by atoms with Gasteiger partial charge in [-0.2, -0.15) is 5.26 Å². The van der Waals surface area contributed by atoms with Gasteiger partial charge in [0.05, 0.1) is 12.1 Å². The monoisotopic (exact) mass is 440 g/mol. The largest absolute Gasteiger partial charge is 0.369 e. The van der Waals surface area contributed by atoms with Gasteiger partial charge in [-0.15, -0.1) is 0 Å². The number of pyridine rings is 1. The number of halogens is 2. The fourth-order valence-corrected chi connectivity index (χ4v) is 4.20. The quantitative estimate of drug-likeness (QED) is 0.592. The highest BCUT2D eigenvalue weighted by Gasteiger charge is 2.24. The van der Waals surface area contributed by atoms with Gasteiger partial charge in [0, 0.05) is 53.2 Å². The molecule has 0 bridgehead atoms. The number of hydrogen-bond acceptors (Lipinski definition) is 6. The first-order valence-corrected chi connectivity index (χ1v) is 10.6. The van der Waals surface area contributed by atoms with Gasteiger partial charge in [0.2, 0.25) is 0 Å². The molecule has 2 aromatic rings. The SMILES string of the molecule is N#Cc1ccc(NCCNN2C=C(c3ccc(Cl)cc3Cl)C3=C(CNCC3)C2)nc1. The molecule has 0 radical (unpaired) electrons. The first-order valence-electron chi connectivity index (χ1n) is 9.83. The average molecular weight is 441 g/mol. The third kappa shape index (κ3) is 4.77. The van der Waals surface area contributed by atoms with E-state index in [1.807, 2.05) is 18.2 Å². The zero-order valence-corrected chi connectivity index (χ0v) is 17.9. The molecule has 3 heterocycles. The van der Waals surface area contributed by atoms with E-state index in [0.717, 1.165) is 49.6 Å². The Morgan fingerprint density at radius 3 is 2.87 bits per heavy atom. The molecule has 6 nitrogen and oxygen atoms in total. The number of hydrogen-bond donors (Lipinski definition) is 3. The molecule has 0 aliphatic carbocycles. The second-order valence-corrected chi connectivity index (χ2v) is 8.03. The summed E-state index contributed by atoms with van der Waals surface area (Å²) >= 11 is 12.6. The number of nitrogens with zero attached hydrogens (tertiary/aromatic N) is 3. The van der Waals surface area contributed by atoms with Gasteiger partial charge in [-0.3, -0.25) is 0 Å². The molecular formula is C22H22Cl2N6. The van der Waals surface area contributed by atoms with E-state index in [4.69, 9.17) is 28.5 Å². The molecule has 2 aliphatic rings. The minimum atomic E-state index is 0.552. The number of nitriles is 1. The highest BCUT2D eigenvalue weighted by Crippen LogP contribution is 2.37. The zero-order valence-electron chi connectivity index (χ0n) is 16.4. The van der Waals surface area contributed by atoms with Gasteiger partial charge in [-0.1, -0.05) is 29.3 Å². The van der Waals surface area contributed by atoms with Crippen LogP contribution in [0.2, 0.25) is 10.0 Å². The van der Waals surface area contributed by atoms with E-state index in [-0.39, 0.29) is 0 Å². The number of anilines is 1. The normalized spacial score (nSPS) is 16.0. The van der Waals surface area contributed by atoms with Crippen molar-refractivity contribution in [1.29, 1.82) is 5.26 Å². The smallest absolute Gasteiger partial charge is 0.126 e. The Morgan fingerprint density at radius 1 is 1.20 bits per heavy atom. The van der Waals surface area contributed by atoms with Crippen LogP contribution >= 0.6 is 23.2 Å². The molecule has 8 heteroatoms. The van der Waals surface area contributed by atoms with E-state index in [2.05, 4.69) is 38.3 Å². The lowest BCUT2D eigenvalue weighted by molar-refractivity contribution is 0.290. The summed E-state index contributed by atoms with van der Waals surface area (Å²) < 4.78 is 0. The molecular weight excluding hydrogens is 419 g/mol. The lowest BCUT2D eigenvalue weighted by atomic mass is 9.88. The van der Waals surface area contributed by atoms with Gasteiger partial charge in [-0.25, -0.2) is 10.4 Å². The highest BCUT2D eigenvalue weighted by atomic mass is 35.5. The van der Waals surface area contributed by atoms with Crippen molar-refractivity contribution in [2.24, 2.45) is 0 Å². The maximum atomic E-state index is 8.85. The van der Waals surface area contributed by atoms with Gasteiger partial charge in [0.15, 0.2) is 0 Å². The molecule has 0 atom stereocenters. The molecule has 1 aromatic heterocycles. The number of hydrazine groups is 1. The van der Waals surface area contributed by atoms with Gasteiger partial charge < -0.3 is 15.6 Å². The predicted octanol–water partition coefficient (Wildman–Crippen LogP) is 3.82. The molecule has 2 aliphatic heterocycles. The Kier molecular flexibility index (Phi) is 6.56. The molecule has 0 fully saturated rings. The second kappa shape index (κ2) is 9.50. The van der Waals surface area contributed by atoms with Gasteiger partial charge in [0.25, 0.3) is 0 Å². The number of rotatable bonds is 6. The molecule has 0 spiro atoms. The molecule has 4 rings (SSSR count). The van der Waals surface area contributed by atoms with Crippen LogP contribution in [0.15, 0.2) is 53.9 Å². The summed E-state index contributed by atoms with van der Waals surface area (Å²) in [6, 6.07) is 11.3. The minimum absolute atomic E-state index is 0.552. The lowest BCUT2D eigenvalue weighted by Crippen LogP contribution is -2.42. The fraction of sp³-hybridized carbons (Fsp3) is 0.273. The van der Waals surface area contributed by atoms with E-state index in [1.54, 1.807) is 18.3 Å². The lowest BCUT2D eigenvalue weighted by Gasteiger charge is -2.34. The van der Waals surface area contributed by atoms with Crippen molar-refractivity contribution >= 4 is 34.6 Å². The molecule has 0 amide bonds. The maximum Gasteiger partial charge on any atom is 0.126 e. The fourth-order valence-electron chi connectivity index (χ4n) is 3.69. The number of aromatic nitrogens is 1. The van der Waals surface area contributed by atoms with Gasteiger partial charge in [-0.05, 0) is 48.4 Å². The first-order chi connectivity index (χ1) is 14.6. The Labute approximate surface area is 186 Å². The van der Waals surface area contributed by atoms with E-state index in [0.29, 0.717) is 22.2 Å². The van der Waals surface area contributed by atoms with Crippen molar-refractivity contribution < 1.29 is 0 Å². The topological polar surface area (TPSA) is 76.0 Å². The van der Waals surface area contributed by atoms with Crippen molar-refractivity contribution in [1.82, 2.24) is 20.7 Å². The van der Waals surface area contributed by atoms with Crippen LogP contribution in [0.5, 0.6) is 0 Å². The predicted molar refractivity (Wildman–Crippen MR) is 121 cm³/mol. The molecule has 3 N–H and O–H groups in total. The van der Waals surface area contributed by atoms with Crippen molar-refractivity contribution in [2.45, 2.75) is 6.42 Å². The van der Waals surface area contributed by atoms with Crippen LogP contribution in [0.4, 0.5) is 5.82 Å². The minimum Gasteiger partial charge on any atom is -0.369 e. The number of allylic oxidation sites excluding steroid dienone is 1. The summed E-state index contributed by atoms with van der Waals surface area (Å²) in [7, 11) is 0. The Balaban J connectivity index is 1.43. The van der Waals surface area contributed by atoms with Crippen LogP contribution < -0.4 is 16.1 Å². The molecule has 0 saturated heterocycles. The summed E-state index contributed by atoms with van der Waals surface area (Å²) in [5.74, 6) is 0.750. The molecule has 0 unspecified atom stereocenters. The third-order valence-corrected chi connectivity index (χ3v) is 5.70. The molecule has 154 valence electrons. The Hall–Kier alpha value is -2.56. The van der Waals surface area contributed by atoms with E-state index < -0.39 is 0 Å². The van der Waals surface area contributed by atoms with Crippen molar-refractivity contribution in [2.75, 3.05) is 38.0 Å². The molecule has 1 aromatic carbocycles. The van der Waals surface area contributed by atoms with Gasteiger partial charge >= 0.3 is 0 Å². The van der Waals surface area contributed by atoms with E-state index in [1.165, 1.54) is 11.1 Å². The number of benzene rings is 1. The summed E-state index contributed by atoms with van der Waals surface area (Å²) in [4.78, 5) is 4.23. The van der Waals surface area contributed by atoms with Crippen LogP contribution in [0.3, 0.4) is 0 Å². The van der Waals surface area contributed by atoms with Crippen LogP contribution in [0, 0.1) is 11.3 Å². The van der Waals surface area contributed by atoms with Crippen LogP contribution in [-0.2, 0) is 0 Å². The van der Waals surface area contributed by atoms with Crippen LogP contribution in [0.1, 0.15) is 17.5 Å². The van der Waals surface area contributed by atoms with Crippen LogP contribution in [0.25, 0.3) is 5.57 Å². The van der Waals surface area contributed by atoms with E-state index in [9.17, 15) is 0 Å². The third-order valence-electron chi connectivity index (χ3n) is 5.15. The van der Waals surface area contributed by atoms with E-state index >= 15 is 0 Å². The second-order valence-electron chi connectivity index (χ2n) is 7.18. The van der Waals surface area contributed by atoms with Crippen molar-refractivity contribution in [3.05, 3.63) is 75.0 Å². The molecule has 30 heavy (non-hydrogen) atoms. The zero-order chi connectivity index (χ0) is 20.9. The summed E-state index contributed by atoms with van der Waals surface area (Å²) in [5, 5.41) is 19.0. The van der Waals surface area contributed by atoms with Crippen LogP contribution in [-0.4, -0.2) is 42.7 Å². The summed E-state index contributed by atoms with van der Waals surface area (Å²) in [6.07, 6.45) is 4.69. The summed E-state index contributed by atoms with van der Waals surface area (Å²) in [5.41, 5.74) is 8.91. The highest BCUT2D eigenvalue weighted by molar-refractivity contribution is 6.35. The Bertz CT molecular complexity index is 1020. The van der Waals surface area contributed by atoms with Crippen molar-refractivity contribution in [3.63, 3.8) is 0 Å². The standard InChI is InChI=1S/C22H22Cl2N6/c23-17-2-3-19(21(24)9-17)20-14-30(13-16-12-26-6-5-18(16)20)29-8-7-27-22-4-1-15(10-25)11-28-22/h1-4,9,11,14,26,29H,5-8,12-13H2,(H,27,28). The van der Waals surface area contributed by atoms with Crippen molar-refractivity contribution in [3.8, 4) is 6.07 Å². The first kappa shape index (κ1) is 20.7. The van der Waals surface area contributed by atoms with Gasteiger partial charge in [0.1, 0.15) is 11.9 Å². The maximum absolute atomic E-state index is 8.85. The average Bonchev–Trinajstić information content (AvgIpc) is 2.77. The Morgan fingerprint density at radius 2 is 2.10 bits per heavy atom. The molecule has 0 saturated carbocycles. The summed E-state index contributed by atoms with van der Waals surface area (Å²) in [6.45, 7) is 4.09. The number of nitrogens with one attached hydrogen (secondary N) is 3.